The maximum Gasteiger partial charge on any atom is 0.0449 e. The van der Waals surface area contributed by atoms with Gasteiger partial charge in [-0.15, -0.1) is 0 Å². The van der Waals surface area contributed by atoms with Crippen molar-refractivity contribution in [2.75, 3.05) is 5.33 Å². The Kier molecular flexibility index (Phi) is 4.88. The number of hydrogen-bond donors (Lipinski definition) is 0. The van der Waals surface area contributed by atoms with Gasteiger partial charge < -0.3 is 0 Å². The first-order valence-electron chi connectivity index (χ1n) is 5.24. The van der Waals surface area contributed by atoms with Crippen LogP contribution in [-0.4, -0.2) is 13.4 Å². The van der Waals surface area contributed by atoms with Gasteiger partial charge in [-0.25, -0.2) is 0 Å². The zero-order chi connectivity index (χ0) is 11.5. The van der Waals surface area contributed by atoms with E-state index in [1.54, 1.807) is 0 Å². The maximum atomic E-state index is 6.22. The van der Waals surface area contributed by atoms with Crippen LogP contribution in [-0.2, 0) is 0 Å². The van der Waals surface area contributed by atoms with Crippen LogP contribution in [0.1, 0.15) is 11.5 Å². The van der Waals surface area contributed by atoms with Gasteiger partial charge in [0, 0.05) is 18.4 Å². The van der Waals surface area contributed by atoms with E-state index >= 15 is 0 Å². The third kappa shape index (κ3) is 4.29. The van der Waals surface area contributed by atoms with E-state index in [0.717, 1.165) is 10.4 Å². The standard InChI is InChI=1S/C12H18BrClSi/c1-15(2,3)9-10(8-13)11-6-4-5-7-12(11)14/h4-7,10H,8-9H2,1-3H3. The van der Waals surface area contributed by atoms with Crippen molar-refractivity contribution in [3.8, 4) is 0 Å². The normalized spacial score (nSPS) is 13.9. The molecule has 0 amide bonds. The number of halogens is 2. The molecule has 1 aromatic rings. The molecule has 0 aliphatic rings. The van der Waals surface area contributed by atoms with Crippen LogP contribution in [0, 0.1) is 0 Å². The Morgan fingerprint density at radius 2 is 1.87 bits per heavy atom. The summed E-state index contributed by atoms with van der Waals surface area (Å²) in [6, 6.07) is 9.47. The fraction of sp³-hybridized carbons (Fsp3) is 0.500. The van der Waals surface area contributed by atoms with Crippen LogP contribution in [0.25, 0.3) is 0 Å². The van der Waals surface area contributed by atoms with Crippen molar-refractivity contribution in [2.45, 2.75) is 31.6 Å². The third-order valence-electron chi connectivity index (χ3n) is 2.39. The Morgan fingerprint density at radius 3 is 2.33 bits per heavy atom. The van der Waals surface area contributed by atoms with E-state index in [0.29, 0.717) is 5.92 Å². The van der Waals surface area contributed by atoms with Gasteiger partial charge in [0.15, 0.2) is 0 Å². The Bertz CT molecular complexity index is 320. The summed E-state index contributed by atoms with van der Waals surface area (Å²) in [6.07, 6.45) is 0. The lowest BCUT2D eigenvalue weighted by atomic mass is 10.0. The highest BCUT2D eigenvalue weighted by Gasteiger charge is 2.22. The highest BCUT2D eigenvalue weighted by molar-refractivity contribution is 9.09. The molecule has 0 fully saturated rings. The molecule has 0 bridgehead atoms. The van der Waals surface area contributed by atoms with Crippen LogP contribution in [0.3, 0.4) is 0 Å². The molecule has 84 valence electrons. The van der Waals surface area contributed by atoms with Gasteiger partial charge in [0.05, 0.1) is 0 Å². The van der Waals surface area contributed by atoms with Crippen LogP contribution >= 0.6 is 27.5 Å². The van der Waals surface area contributed by atoms with Crippen molar-refractivity contribution < 1.29 is 0 Å². The van der Waals surface area contributed by atoms with E-state index in [2.05, 4.69) is 47.7 Å². The highest BCUT2D eigenvalue weighted by atomic mass is 79.9. The summed E-state index contributed by atoms with van der Waals surface area (Å²) in [7, 11) is -1.04. The smallest absolute Gasteiger partial charge is 0.0449 e. The van der Waals surface area contributed by atoms with Gasteiger partial charge in [-0.05, 0) is 23.6 Å². The van der Waals surface area contributed by atoms with Crippen molar-refractivity contribution in [1.29, 1.82) is 0 Å². The number of rotatable bonds is 4. The van der Waals surface area contributed by atoms with Gasteiger partial charge >= 0.3 is 0 Å². The van der Waals surface area contributed by atoms with Crippen molar-refractivity contribution in [1.82, 2.24) is 0 Å². The van der Waals surface area contributed by atoms with Crippen LogP contribution in [0.2, 0.25) is 30.7 Å². The molecule has 0 aromatic heterocycles. The predicted molar refractivity (Wildman–Crippen MR) is 76.1 cm³/mol. The minimum Gasteiger partial charge on any atom is -0.0922 e. The molecule has 0 N–H and O–H groups in total. The highest BCUT2D eigenvalue weighted by Crippen LogP contribution is 2.32. The van der Waals surface area contributed by atoms with E-state index in [4.69, 9.17) is 11.6 Å². The molecule has 0 aliphatic carbocycles. The van der Waals surface area contributed by atoms with Crippen molar-refractivity contribution in [2.24, 2.45) is 0 Å². The Labute approximate surface area is 107 Å². The molecule has 0 radical (unpaired) electrons. The zero-order valence-corrected chi connectivity index (χ0v) is 12.9. The number of benzene rings is 1. The van der Waals surface area contributed by atoms with Gasteiger partial charge in [-0.2, -0.15) is 0 Å². The second-order valence-electron chi connectivity index (χ2n) is 5.14. The first-order valence-corrected chi connectivity index (χ1v) is 10.4. The molecule has 0 saturated carbocycles. The van der Waals surface area contributed by atoms with Gasteiger partial charge in [-0.3, -0.25) is 0 Å². The molecule has 3 heteroatoms. The first-order chi connectivity index (χ1) is 6.94. The minimum atomic E-state index is -1.04. The van der Waals surface area contributed by atoms with Gasteiger partial charge in [-0.1, -0.05) is 65.4 Å². The Hall–Kier alpha value is 0.207. The first kappa shape index (κ1) is 13.3. The molecular formula is C12H18BrClSi. The summed E-state index contributed by atoms with van der Waals surface area (Å²) in [5.41, 5.74) is 1.29. The second-order valence-corrected chi connectivity index (χ2v) is 11.7. The van der Waals surface area contributed by atoms with Gasteiger partial charge in [0.2, 0.25) is 0 Å². The molecule has 0 aliphatic heterocycles. The van der Waals surface area contributed by atoms with Crippen LogP contribution in [0.5, 0.6) is 0 Å². The lowest BCUT2D eigenvalue weighted by Gasteiger charge is -2.24. The maximum absolute atomic E-state index is 6.22. The fourth-order valence-electron chi connectivity index (χ4n) is 1.79. The monoisotopic (exact) mass is 304 g/mol. The molecule has 0 nitrogen and oxygen atoms in total. The molecule has 0 spiro atoms. The molecule has 1 rings (SSSR count). The van der Waals surface area contributed by atoms with Crippen LogP contribution in [0.4, 0.5) is 0 Å². The van der Waals surface area contributed by atoms with E-state index in [1.165, 1.54) is 11.6 Å². The average molecular weight is 306 g/mol. The van der Waals surface area contributed by atoms with E-state index in [9.17, 15) is 0 Å². The quantitative estimate of drug-likeness (QED) is 0.532. The van der Waals surface area contributed by atoms with Crippen molar-refractivity contribution in [3.63, 3.8) is 0 Å². The summed E-state index contributed by atoms with van der Waals surface area (Å²) in [5, 5.41) is 1.90. The lowest BCUT2D eigenvalue weighted by molar-refractivity contribution is 0.865. The Morgan fingerprint density at radius 1 is 1.27 bits per heavy atom. The second kappa shape index (κ2) is 5.51. The van der Waals surface area contributed by atoms with Crippen molar-refractivity contribution >= 4 is 35.6 Å². The minimum absolute atomic E-state index is 0.561. The van der Waals surface area contributed by atoms with E-state index in [-0.39, 0.29) is 0 Å². The summed E-state index contributed by atoms with van der Waals surface area (Å²) in [5.74, 6) is 0.561. The summed E-state index contributed by atoms with van der Waals surface area (Å²) in [4.78, 5) is 0. The van der Waals surface area contributed by atoms with Crippen LogP contribution in [0.15, 0.2) is 24.3 Å². The number of hydrogen-bond acceptors (Lipinski definition) is 0. The largest absolute Gasteiger partial charge is 0.0922 e. The van der Waals surface area contributed by atoms with Gasteiger partial charge in [0.25, 0.3) is 0 Å². The molecule has 1 atom stereocenters. The van der Waals surface area contributed by atoms with E-state index < -0.39 is 8.07 Å². The molecule has 0 heterocycles. The van der Waals surface area contributed by atoms with Gasteiger partial charge in [0.1, 0.15) is 0 Å². The van der Waals surface area contributed by atoms with Crippen molar-refractivity contribution in [3.05, 3.63) is 34.9 Å². The SMILES string of the molecule is C[Si](C)(C)CC(CBr)c1ccccc1Cl. The Balaban J connectivity index is 2.88. The molecule has 1 unspecified atom stereocenters. The zero-order valence-electron chi connectivity index (χ0n) is 9.56. The molecule has 1 aromatic carbocycles. The fourth-order valence-corrected chi connectivity index (χ4v) is 4.93. The number of alkyl halides is 1. The molecular weight excluding hydrogens is 288 g/mol. The summed E-state index contributed by atoms with van der Waals surface area (Å²) < 4.78 is 0. The topological polar surface area (TPSA) is 0 Å². The average Bonchev–Trinajstić information content (AvgIpc) is 2.14. The summed E-state index contributed by atoms with van der Waals surface area (Å²) in [6.45, 7) is 7.21. The molecule has 0 saturated heterocycles. The molecule has 15 heavy (non-hydrogen) atoms. The summed E-state index contributed by atoms with van der Waals surface area (Å²) >= 11 is 9.82. The van der Waals surface area contributed by atoms with E-state index in [1.807, 2.05) is 12.1 Å². The lowest BCUT2D eigenvalue weighted by Crippen LogP contribution is -2.23. The predicted octanol–water partition coefficient (Wildman–Crippen LogP) is 5.16. The van der Waals surface area contributed by atoms with Crippen LogP contribution < -0.4 is 0 Å². The third-order valence-corrected chi connectivity index (χ3v) is 5.23.